The van der Waals surface area contributed by atoms with Gasteiger partial charge in [-0.2, -0.15) is 0 Å². The minimum Gasteiger partial charge on any atom is -0.344 e. The van der Waals surface area contributed by atoms with Crippen LogP contribution in [0.5, 0.6) is 0 Å². The molecule has 1 saturated carbocycles. The molecule has 1 fully saturated rings. The van der Waals surface area contributed by atoms with Crippen molar-refractivity contribution in [3.8, 4) is 0 Å². The number of hydrogen-bond donors (Lipinski definition) is 2. The molecule has 0 amide bonds. The Kier molecular flexibility index (Phi) is 8.15. The monoisotopic (exact) mass is 444 g/mol. The summed E-state index contributed by atoms with van der Waals surface area (Å²) in [5, 5.41) is 7.30. The van der Waals surface area contributed by atoms with Gasteiger partial charge in [0.05, 0.1) is 11.6 Å². The quantitative estimate of drug-likeness (QED) is 0.370. The number of nitrogens with zero attached hydrogens (tertiary/aromatic N) is 2. The molecule has 4 nitrogen and oxygen atoms in total. The first-order valence-electron chi connectivity index (χ1n) is 12.2. The third kappa shape index (κ3) is 7.07. The van der Waals surface area contributed by atoms with Crippen LogP contribution in [0.25, 0.3) is 0 Å². The van der Waals surface area contributed by atoms with Gasteiger partial charge in [-0.15, -0.1) is 0 Å². The van der Waals surface area contributed by atoms with Gasteiger partial charge in [0.1, 0.15) is 5.70 Å². The molecule has 4 heteroatoms. The average Bonchev–Trinajstić information content (AvgIpc) is 2.75. The van der Waals surface area contributed by atoms with Gasteiger partial charge >= 0.3 is 0 Å². The van der Waals surface area contributed by atoms with Gasteiger partial charge in [0.15, 0.2) is 5.84 Å². The second-order valence-corrected chi connectivity index (χ2v) is 10.3. The molecule has 0 bridgehead atoms. The van der Waals surface area contributed by atoms with Crippen LogP contribution in [0, 0.1) is 27.7 Å². The zero-order valence-electron chi connectivity index (χ0n) is 21.5. The topological polar surface area (TPSA) is 48.8 Å². The number of rotatable bonds is 5. The largest absolute Gasteiger partial charge is 0.344 e. The first-order chi connectivity index (χ1) is 15.6. The maximum absolute atomic E-state index is 5.09. The fourth-order valence-electron chi connectivity index (χ4n) is 4.25. The number of para-hydroxylation sites is 2. The number of aliphatic imine (C=N–C) groups is 2. The summed E-state index contributed by atoms with van der Waals surface area (Å²) in [6, 6.07) is 13.0. The van der Waals surface area contributed by atoms with Gasteiger partial charge in [-0.05, 0) is 83.6 Å². The van der Waals surface area contributed by atoms with E-state index in [1.54, 1.807) is 0 Å². The Balaban J connectivity index is 2.12. The molecule has 2 aromatic rings. The van der Waals surface area contributed by atoms with E-state index >= 15 is 0 Å². The van der Waals surface area contributed by atoms with E-state index in [0.29, 0.717) is 6.04 Å². The number of hydrogen-bond acceptors (Lipinski definition) is 3. The van der Waals surface area contributed by atoms with Crippen LogP contribution in [-0.4, -0.2) is 23.3 Å². The van der Waals surface area contributed by atoms with Crippen LogP contribution in [-0.2, 0) is 0 Å². The Morgan fingerprint density at radius 1 is 0.788 bits per heavy atom. The highest BCUT2D eigenvalue weighted by molar-refractivity contribution is 6.15. The molecular weight excluding hydrogens is 404 g/mol. The molecule has 0 saturated heterocycles. The van der Waals surface area contributed by atoms with Crippen molar-refractivity contribution in [1.82, 2.24) is 0 Å². The Morgan fingerprint density at radius 2 is 1.27 bits per heavy atom. The zero-order valence-corrected chi connectivity index (χ0v) is 21.5. The van der Waals surface area contributed by atoms with E-state index in [2.05, 4.69) is 101 Å². The Morgan fingerprint density at radius 3 is 1.76 bits per heavy atom. The molecule has 176 valence electrons. The van der Waals surface area contributed by atoms with Crippen molar-refractivity contribution in [2.24, 2.45) is 9.98 Å². The highest BCUT2D eigenvalue weighted by Crippen LogP contribution is 2.25. The molecule has 0 atom stereocenters. The maximum Gasteiger partial charge on any atom is 0.160 e. The zero-order chi connectivity index (χ0) is 24.0. The van der Waals surface area contributed by atoms with Crippen LogP contribution in [0.3, 0.4) is 0 Å². The number of aryl methyl sites for hydroxylation is 4. The van der Waals surface area contributed by atoms with E-state index in [-0.39, 0.29) is 5.54 Å². The fourth-order valence-corrected chi connectivity index (χ4v) is 4.25. The van der Waals surface area contributed by atoms with Crippen LogP contribution in [0.2, 0.25) is 0 Å². The van der Waals surface area contributed by atoms with Crippen LogP contribution < -0.4 is 10.6 Å². The lowest BCUT2D eigenvalue weighted by Gasteiger charge is -2.22. The van der Waals surface area contributed by atoms with Gasteiger partial charge in [0, 0.05) is 17.2 Å². The van der Waals surface area contributed by atoms with E-state index in [1.807, 2.05) is 0 Å². The minimum absolute atomic E-state index is 0.265. The lowest BCUT2D eigenvalue weighted by atomic mass is 9.96. The predicted molar refractivity (Wildman–Crippen MR) is 144 cm³/mol. The van der Waals surface area contributed by atoms with Crippen molar-refractivity contribution >= 4 is 23.1 Å². The molecule has 33 heavy (non-hydrogen) atoms. The molecule has 0 aliphatic heterocycles. The van der Waals surface area contributed by atoms with Crippen molar-refractivity contribution in [3.05, 3.63) is 64.3 Å². The van der Waals surface area contributed by atoms with E-state index in [1.165, 1.54) is 41.5 Å². The molecule has 1 aliphatic rings. The third-order valence-corrected chi connectivity index (χ3v) is 6.07. The minimum atomic E-state index is -0.265. The molecule has 3 rings (SSSR count). The molecule has 0 spiro atoms. The van der Waals surface area contributed by atoms with Crippen molar-refractivity contribution < 1.29 is 0 Å². The predicted octanol–water partition coefficient (Wildman–Crippen LogP) is 7.53. The van der Waals surface area contributed by atoms with Gasteiger partial charge in [-0.3, -0.25) is 4.99 Å². The molecule has 0 radical (unpaired) electrons. The molecule has 0 aromatic heterocycles. The lowest BCUT2D eigenvalue weighted by molar-refractivity contribution is 0.445. The highest BCUT2D eigenvalue weighted by atomic mass is 15.1. The molecule has 0 heterocycles. The first-order valence-corrected chi connectivity index (χ1v) is 12.2. The maximum atomic E-state index is 5.09. The van der Waals surface area contributed by atoms with E-state index < -0.39 is 0 Å². The second kappa shape index (κ2) is 10.9. The number of benzene rings is 2. The molecule has 2 aromatic carbocycles. The van der Waals surface area contributed by atoms with Gasteiger partial charge in [-0.25, -0.2) is 4.99 Å². The highest BCUT2D eigenvalue weighted by Gasteiger charge is 2.18. The van der Waals surface area contributed by atoms with Crippen LogP contribution in [0.1, 0.15) is 75.1 Å². The van der Waals surface area contributed by atoms with Crippen LogP contribution in [0.15, 0.2) is 52.1 Å². The van der Waals surface area contributed by atoms with Gasteiger partial charge < -0.3 is 10.6 Å². The Bertz CT molecular complexity index is 1020. The molecule has 2 N–H and O–H groups in total. The van der Waals surface area contributed by atoms with Crippen molar-refractivity contribution in [3.63, 3.8) is 0 Å². The standard InChI is InChI=1S/C29H40N4/c1-20-13-11-14-21(2)26(20)31-25(19-30-24-17-9-8-10-18-24)28(33-29(5,6)7)32-27-22(3)15-12-16-23(27)4/h11-16,24,31H,8-10,17-18H2,1-7H3,(H,32,33). The van der Waals surface area contributed by atoms with Crippen molar-refractivity contribution in [2.75, 3.05) is 10.6 Å². The van der Waals surface area contributed by atoms with Gasteiger partial charge in [-0.1, -0.05) is 55.7 Å². The van der Waals surface area contributed by atoms with E-state index in [0.717, 1.165) is 35.7 Å². The smallest absolute Gasteiger partial charge is 0.160 e. The summed E-state index contributed by atoms with van der Waals surface area (Å²) >= 11 is 0. The summed E-state index contributed by atoms with van der Waals surface area (Å²) in [4.78, 5) is 10.00. The van der Waals surface area contributed by atoms with Gasteiger partial charge in [0.2, 0.25) is 0 Å². The summed E-state index contributed by atoms with van der Waals surface area (Å²) in [6.07, 6.45) is 6.09. The number of nitrogens with one attached hydrogen (secondary N) is 2. The second-order valence-electron chi connectivity index (χ2n) is 10.3. The average molecular weight is 445 g/mol. The van der Waals surface area contributed by atoms with Crippen molar-refractivity contribution in [1.29, 1.82) is 0 Å². The van der Waals surface area contributed by atoms with E-state index in [9.17, 15) is 0 Å². The summed E-state index contributed by atoms with van der Waals surface area (Å²) in [5.41, 5.74) is 7.45. The summed E-state index contributed by atoms with van der Waals surface area (Å²) in [5.74, 6) is 4.18. The normalized spacial score (nSPS) is 15.1. The SMILES string of the molecule is Cc1cccc(C)c1NC(=C=NC1CCCCC1)C(=NC(C)(C)C)Nc1c(C)cccc1C. The van der Waals surface area contributed by atoms with Crippen molar-refractivity contribution in [2.45, 2.75) is 92.2 Å². The molecular formula is C29H40N4. The Labute approximate surface area is 200 Å². The van der Waals surface area contributed by atoms with Crippen LogP contribution in [0.4, 0.5) is 11.4 Å². The lowest BCUT2D eigenvalue weighted by Crippen LogP contribution is -2.27. The molecule has 0 unspecified atom stereocenters. The number of amidine groups is 1. The summed E-state index contributed by atoms with van der Waals surface area (Å²) in [6.45, 7) is 14.9. The van der Waals surface area contributed by atoms with Gasteiger partial charge in [0.25, 0.3) is 0 Å². The summed E-state index contributed by atoms with van der Waals surface area (Å²) < 4.78 is 0. The fraction of sp³-hybridized carbons (Fsp3) is 0.483. The first kappa shape index (κ1) is 24.8. The number of anilines is 2. The Hall–Kier alpha value is -2.84. The molecule has 1 aliphatic carbocycles. The van der Waals surface area contributed by atoms with E-state index in [4.69, 9.17) is 9.98 Å². The van der Waals surface area contributed by atoms with Crippen LogP contribution >= 0.6 is 0 Å². The third-order valence-electron chi connectivity index (χ3n) is 6.07. The summed E-state index contributed by atoms with van der Waals surface area (Å²) in [7, 11) is 0.